The Morgan fingerprint density at radius 2 is 1.24 bits per heavy atom. The zero-order chi connectivity index (χ0) is 24.5. The molecule has 0 aromatic rings. The smallest absolute Gasteiger partial charge is 0.0177 e. The van der Waals surface area contributed by atoms with Crippen LogP contribution in [-0.2, 0) is 0 Å². The van der Waals surface area contributed by atoms with Gasteiger partial charge in [0.25, 0.3) is 0 Å². The maximum atomic E-state index is 7.41. The van der Waals surface area contributed by atoms with Crippen molar-refractivity contribution in [2.45, 2.75) is 52.4 Å². The van der Waals surface area contributed by atoms with E-state index in [9.17, 15) is 0 Å². The van der Waals surface area contributed by atoms with Crippen molar-refractivity contribution in [1.82, 2.24) is 0 Å². The number of hydrogen-bond acceptors (Lipinski definition) is 1. The highest BCUT2D eigenvalue weighted by molar-refractivity contribution is 5.69. The molecule has 1 aliphatic rings. The Balaban J connectivity index is 3.37. The SMILES string of the molecule is CCCC/C(CCC)=C1/C=C(/C=C\C=N)\C=C\C=C/C=C\C=C/C=C\C=C/C=C\C=C/C=C\C1. The van der Waals surface area contributed by atoms with E-state index in [1.54, 1.807) is 11.6 Å². The van der Waals surface area contributed by atoms with E-state index in [2.05, 4.69) is 56.4 Å². The van der Waals surface area contributed by atoms with E-state index in [-0.39, 0.29) is 0 Å². The van der Waals surface area contributed by atoms with Gasteiger partial charge in [-0.25, -0.2) is 0 Å². The third-order valence-electron chi connectivity index (χ3n) is 4.99. The lowest BCUT2D eigenvalue weighted by Gasteiger charge is -2.12. The molecule has 0 bridgehead atoms. The standard InChI is InChI=1S/C33H41N/c1-3-5-27-32(24-4-2)33-28-22-20-18-16-14-12-10-8-6-7-9-11-13-15-17-19-21-25-31(30-33)26-23-29-34/h6-23,25-26,29-30,34H,3-5,24,27-28H2,1-2H3/b7-6-,10-8-,11-9-,14-12-,15-13-,18-16-,19-17-,22-20-,25-21+,26-23-,31-30+,33-32+,34-29?. The predicted molar refractivity (Wildman–Crippen MR) is 154 cm³/mol. The molecule has 0 fully saturated rings. The van der Waals surface area contributed by atoms with Gasteiger partial charge in [-0.3, -0.25) is 0 Å². The number of rotatable bonds is 7. The maximum absolute atomic E-state index is 7.41. The predicted octanol–water partition coefficient (Wildman–Crippen LogP) is 9.81. The van der Waals surface area contributed by atoms with Crippen LogP contribution in [0.3, 0.4) is 0 Å². The number of nitrogens with one attached hydrogen (secondary N) is 1. The molecule has 0 spiro atoms. The van der Waals surface area contributed by atoms with Crippen molar-refractivity contribution >= 4 is 6.21 Å². The molecule has 1 nitrogen and oxygen atoms in total. The second-order valence-electron chi connectivity index (χ2n) is 7.84. The van der Waals surface area contributed by atoms with E-state index in [4.69, 9.17) is 5.41 Å². The first-order chi connectivity index (χ1) is 16.8. The normalized spacial score (nSPS) is 27.1. The summed E-state index contributed by atoms with van der Waals surface area (Å²) in [7, 11) is 0. The van der Waals surface area contributed by atoms with Crippen LogP contribution in [0.4, 0.5) is 0 Å². The van der Waals surface area contributed by atoms with E-state index in [0.29, 0.717) is 0 Å². The van der Waals surface area contributed by atoms with Crippen molar-refractivity contribution in [2.24, 2.45) is 0 Å². The summed E-state index contributed by atoms with van der Waals surface area (Å²) >= 11 is 0. The second kappa shape index (κ2) is 21.4. The van der Waals surface area contributed by atoms with Gasteiger partial charge in [0.15, 0.2) is 0 Å². The molecule has 1 aliphatic carbocycles. The Hall–Kier alpha value is -3.45. The van der Waals surface area contributed by atoms with Gasteiger partial charge in [0.2, 0.25) is 0 Å². The monoisotopic (exact) mass is 451 g/mol. The zero-order valence-corrected chi connectivity index (χ0v) is 20.9. The first-order valence-electron chi connectivity index (χ1n) is 12.4. The van der Waals surface area contributed by atoms with E-state index in [0.717, 1.165) is 31.3 Å². The van der Waals surface area contributed by atoms with Crippen molar-refractivity contribution in [1.29, 1.82) is 5.41 Å². The molecule has 1 heteroatoms. The lowest BCUT2D eigenvalue weighted by atomic mass is 9.94. The Kier molecular flexibility index (Phi) is 18.0. The largest absolute Gasteiger partial charge is 0.309 e. The van der Waals surface area contributed by atoms with Crippen LogP contribution < -0.4 is 0 Å². The summed E-state index contributed by atoms with van der Waals surface area (Å²) in [6.07, 6.45) is 51.0. The van der Waals surface area contributed by atoms with Crippen molar-refractivity contribution in [3.63, 3.8) is 0 Å². The molecule has 0 saturated heterocycles. The number of hydrogen-bond donors (Lipinski definition) is 1. The van der Waals surface area contributed by atoms with Crippen LogP contribution in [0.1, 0.15) is 52.4 Å². The zero-order valence-electron chi connectivity index (χ0n) is 20.9. The van der Waals surface area contributed by atoms with Crippen LogP contribution in [0, 0.1) is 5.41 Å². The van der Waals surface area contributed by atoms with Crippen LogP contribution >= 0.6 is 0 Å². The fourth-order valence-electron chi connectivity index (χ4n) is 3.29. The summed E-state index contributed by atoms with van der Waals surface area (Å²) in [6, 6.07) is 0. The van der Waals surface area contributed by atoms with Crippen molar-refractivity contribution in [2.75, 3.05) is 0 Å². The van der Waals surface area contributed by atoms with E-state index in [1.807, 2.05) is 79.0 Å². The number of unbranched alkanes of at least 4 members (excludes halogenated alkanes) is 1. The average Bonchev–Trinajstić information content (AvgIpc) is 2.84. The van der Waals surface area contributed by atoms with Gasteiger partial charge in [0, 0.05) is 6.21 Å². The molecular formula is C33H41N. The minimum atomic E-state index is 0.901. The lowest BCUT2D eigenvalue weighted by Crippen LogP contribution is -1.92. The molecule has 0 amide bonds. The third kappa shape index (κ3) is 15.4. The second-order valence-corrected chi connectivity index (χ2v) is 7.84. The Morgan fingerprint density at radius 3 is 1.74 bits per heavy atom. The summed E-state index contributed by atoms with van der Waals surface area (Å²) in [5.41, 5.74) is 4.03. The van der Waals surface area contributed by atoms with Gasteiger partial charge >= 0.3 is 0 Å². The highest BCUT2D eigenvalue weighted by atomic mass is 14.3. The van der Waals surface area contributed by atoms with Crippen LogP contribution in [0.2, 0.25) is 0 Å². The topological polar surface area (TPSA) is 23.9 Å². The molecule has 0 saturated carbocycles. The van der Waals surface area contributed by atoms with Gasteiger partial charge in [-0.05, 0) is 42.9 Å². The molecule has 178 valence electrons. The molecule has 0 atom stereocenters. The molecule has 0 radical (unpaired) electrons. The quantitative estimate of drug-likeness (QED) is 0.372. The molecule has 1 N–H and O–H groups in total. The highest BCUT2D eigenvalue weighted by Crippen LogP contribution is 2.24. The molecule has 0 aromatic heterocycles. The molecule has 34 heavy (non-hydrogen) atoms. The van der Waals surface area contributed by atoms with Crippen molar-refractivity contribution in [3.8, 4) is 0 Å². The van der Waals surface area contributed by atoms with E-state index >= 15 is 0 Å². The summed E-state index contributed by atoms with van der Waals surface area (Å²) in [6.45, 7) is 4.51. The minimum Gasteiger partial charge on any atom is -0.309 e. The average molecular weight is 452 g/mol. The molecule has 1 rings (SSSR count). The highest BCUT2D eigenvalue weighted by Gasteiger charge is 2.04. The van der Waals surface area contributed by atoms with Crippen LogP contribution in [-0.4, -0.2) is 6.21 Å². The van der Waals surface area contributed by atoms with Gasteiger partial charge in [-0.2, -0.15) is 0 Å². The van der Waals surface area contributed by atoms with E-state index in [1.165, 1.54) is 24.6 Å². The van der Waals surface area contributed by atoms with Gasteiger partial charge in [0.05, 0.1) is 0 Å². The molecule has 0 heterocycles. The fraction of sp³-hybridized carbons (Fsp3) is 0.242. The van der Waals surface area contributed by atoms with Crippen LogP contribution in [0.5, 0.6) is 0 Å². The maximum Gasteiger partial charge on any atom is 0.0177 e. The summed E-state index contributed by atoms with van der Waals surface area (Å²) < 4.78 is 0. The molecule has 0 unspecified atom stereocenters. The van der Waals surface area contributed by atoms with Gasteiger partial charge in [0.1, 0.15) is 0 Å². The number of allylic oxidation sites excluding steroid dienone is 24. The first-order valence-corrected chi connectivity index (χ1v) is 12.4. The van der Waals surface area contributed by atoms with Crippen molar-refractivity contribution < 1.29 is 0 Å². The summed E-state index contributed by atoms with van der Waals surface area (Å²) in [4.78, 5) is 0. The Morgan fingerprint density at radius 1 is 0.706 bits per heavy atom. The summed E-state index contributed by atoms with van der Waals surface area (Å²) in [5, 5.41) is 7.41. The summed E-state index contributed by atoms with van der Waals surface area (Å²) in [5.74, 6) is 0. The van der Waals surface area contributed by atoms with Crippen LogP contribution in [0.25, 0.3) is 0 Å². The first kappa shape index (κ1) is 28.6. The fourth-order valence-corrected chi connectivity index (χ4v) is 3.29. The van der Waals surface area contributed by atoms with Gasteiger partial charge in [-0.15, -0.1) is 0 Å². The third-order valence-corrected chi connectivity index (χ3v) is 4.99. The van der Waals surface area contributed by atoms with Gasteiger partial charge < -0.3 is 5.41 Å². The van der Waals surface area contributed by atoms with E-state index < -0.39 is 0 Å². The van der Waals surface area contributed by atoms with Crippen molar-refractivity contribution in [3.05, 3.63) is 144 Å². The minimum absolute atomic E-state index is 0.901. The Bertz CT molecular complexity index is 931. The Labute approximate surface area is 208 Å². The molecule has 0 aliphatic heterocycles. The molecular weight excluding hydrogens is 410 g/mol. The lowest BCUT2D eigenvalue weighted by molar-refractivity contribution is 0.734. The molecule has 0 aromatic carbocycles. The van der Waals surface area contributed by atoms with Gasteiger partial charge in [-0.1, -0.05) is 154 Å². The van der Waals surface area contributed by atoms with Crippen LogP contribution in [0.15, 0.2) is 144 Å².